The van der Waals surface area contributed by atoms with Crippen molar-refractivity contribution in [2.24, 2.45) is 0 Å². The monoisotopic (exact) mass is 514 g/mol. The smallest absolute Gasteiger partial charge is 0.257 e. The molecule has 1 aliphatic heterocycles. The molecule has 0 aliphatic carbocycles. The second-order valence-electron chi connectivity index (χ2n) is 7.16. The summed E-state index contributed by atoms with van der Waals surface area (Å²) in [5.41, 5.74) is 1.60. The summed E-state index contributed by atoms with van der Waals surface area (Å²) in [6, 6.07) is 15.1. The minimum atomic E-state index is -3.94. The molecule has 0 saturated heterocycles. The molecule has 1 N–H and O–H groups in total. The number of aromatic nitrogens is 1. The van der Waals surface area contributed by atoms with E-state index >= 15 is 0 Å². The topological polar surface area (TPSA) is 93.2 Å². The Morgan fingerprint density at radius 2 is 1.67 bits per heavy atom. The first-order valence-corrected chi connectivity index (χ1v) is 12.6. The van der Waals surface area contributed by atoms with Crippen LogP contribution in [0.3, 0.4) is 0 Å². The van der Waals surface area contributed by atoms with Crippen molar-refractivity contribution >= 4 is 61.2 Å². The Labute approximate surface area is 202 Å². The van der Waals surface area contributed by atoms with Crippen LogP contribution in [0.4, 0.5) is 5.13 Å². The highest BCUT2D eigenvalue weighted by atomic mass is 35.5. The summed E-state index contributed by atoms with van der Waals surface area (Å²) < 4.78 is 26.1. The Morgan fingerprint density at radius 3 is 2.45 bits per heavy atom. The van der Waals surface area contributed by atoms with Crippen LogP contribution in [0.2, 0.25) is 10.0 Å². The van der Waals surface area contributed by atoms with Gasteiger partial charge in [0.2, 0.25) is 9.84 Å². The van der Waals surface area contributed by atoms with Gasteiger partial charge < -0.3 is 0 Å². The van der Waals surface area contributed by atoms with Crippen LogP contribution in [0.5, 0.6) is 0 Å². The fourth-order valence-electron chi connectivity index (χ4n) is 3.51. The number of carbonyl (C=O) groups is 2. The summed E-state index contributed by atoms with van der Waals surface area (Å²) in [5.74, 6) is -0.942. The van der Waals surface area contributed by atoms with E-state index in [1.807, 2.05) is 0 Å². The van der Waals surface area contributed by atoms with Crippen molar-refractivity contribution in [3.05, 3.63) is 92.8 Å². The number of carbonyl (C=O) groups excluding carboxylic acids is 2. The van der Waals surface area contributed by atoms with E-state index in [0.29, 0.717) is 20.9 Å². The third kappa shape index (κ3) is 3.75. The van der Waals surface area contributed by atoms with Gasteiger partial charge in [-0.25, -0.2) is 13.4 Å². The van der Waals surface area contributed by atoms with Gasteiger partial charge in [0.1, 0.15) is 0 Å². The number of amides is 1. The summed E-state index contributed by atoms with van der Waals surface area (Å²) in [7, 11) is -3.94. The van der Waals surface area contributed by atoms with Crippen molar-refractivity contribution in [3.8, 4) is 11.3 Å². The van der Waals surface area contributed by atoms with Crippen LogP contribution in [0.25, 0.3) is 11.3 Å². The van der Waals surface area contributed by atoms with Crippen molar-refractivity contribution in [2.45, 2.75) is 9.79 Å². The molecule has 0 fully saturated rings. The molecule has 0 saturated carbocycles. The highest BCUT2D eigenvalue weighted by Gasteiger charge is 2.35. The molecule has 164 valence electrons. The van der Waals surface area contributed by atoms with E-state index in [1.54, 1.807) is 35.7 Å². The lowest BCUT2D eigenvalue weighted by molar-refractivity contribution is 0.101. The maximum atomic E-state index is 13.1. The van der Waals surface area contributed by atoms with Gasteiger partial charge in [0.05, 0.1) is 25.5 Å². The van der Waals surface area contributed by atoms with Gasteiger partial charge in [-0.3, -0.25) is 14.9 Å². The lowest BCUT2D eigenvalue weighted by atomic mass is 10.0. The number of sulfone groups is 1. The molecule has 33 heavy (non-hydrogen) atoms. The lowest BCUT2D eigenvalue weighted by Gasteiger charge is -2.19. The van der Waals surface area contributed by atoms with Crippen molar-refractivity contribution in [3.63, 3.8) is 0 Å². The van der Waals surface area contributed by atoms with E-state index in [0.717, 1.165) is 5.56 Å². The van der Waals surface area contributed by atoms with Gasteiger partial charge in [0, 0.05) is 27.6 Å². The molecule has 1 aromatic heterocycles. The first-order chi connectivity index (χ1) is 15.8. The van der Waals surface area contributed by atoms with E-state index in [9.17, 15) is 18.0 Å². The van der Waals surface area contributed by atoms with Crippen LogP contribution in [-0.4, -0.2) is 25.1 Å². The summed E-state index contributed by atoms with van der Waals surface area (Å²) >= 11 is 13.2. The zero-order valence-electron chi connectivity index (χ0n) is 16.5. The summed E-state index contributed by atoms with van der Waals surface area (Å²) in [6.45, 7) is 0. The number of ketones is 1. The van der Waals surface area contributed by atoms with Gasteiger partial charge in [0.15, 0.2) is 10.9 Å². The molecule has 0 atom stereocenters. The fraction of sp³-hybridized carbons (Fsp3) is 0. The average molecular weight is 515 g/mol. The highest BCUT2D eigenvalue weighted by molar-refractivity contribution is 7.91. The first-order valence-electron chi connectivity index (χ1n) is 9.51. The normalized spacial score (nSPS) is 13.8. The molecule has 5 rings (SSSR count). The Morgan fingerprint density at radius 1 is 0.909 bits per heavy atom. The molecule has 0 unspecified atom stereocenters. The van der Waals surface area contributed by atoms with Crippen molar-refractivity contribution in [2.75, 3.05) is 5.32 Å². The fourth-order valence-corrected chi connectivity index (χ4v) is 6.20. The molecule has 10 heteroatoms. The van der Waals surface area contributed by atoms with Crippen LogP contribution in [0.1, 0.15) is 26.3 Å². The first kappa shape index (κ1) is 21.8. The van der Waals surface area contributed by atoms with Gasteiger partial charge in [0.25, 0.3) is 5.91 Å². The highest BCUT2D eigenvalue weighted by Crippen LogP contribution is 2.35. The predicted octanol–water partition coefficient (Wildman–Crippen LogP) is 5.75. The zero-order chi connectivity index (χ0) is 23.3. The zero-order valence-corrected chi connectivity index (χ0v) is 19.6. The van der Waals surface area contributed by atoms with E-state index in [1.165, 1.54) is 41.7 Å². The number of benzene rings is 3. The maximum absolute atomic E-state index is 13.1. The Bertz CT molecular complexity index is 1580. The predicted molar refractivity (Wildman–Crippen MR) is 127 cm³/mol. The number of rotatable bonds is 3. The quantitative estimate of drug-likeness (QED) is 0.331. The summed E-state index contributed by atoms with van der Waals surface area (Å²) in [5, 5.41) is 5.55. The number of hydrogen-bond acceptors (Lipinski definition) is 6. The number of anilines is 1. The van der Waals surface area contributed by atoms with Crippen LogP contribution in [-0.2, 0) is 9.84 Å². The Kier molecular flexibility index (Phi) is 5.33. The average Bonchev–Trinajstić information content (AvgIpc) is 3.27. The minimum absolute atomic E-state index is 0.0430. The SMILES string of the molecule is O=C(Nc1nc(-c2ccc(Cl)c(Cl)c2)cs1)c1ccc2c(c1)S(=O)(=O)c1ccccc1C2=O. The van der Waals surface area contributed by atoms with Crippen molar-refractivity contribution < 1.29 is 18.0 Å². The number of nitrogens with one attached hydrogen (secondary N) is 1. The summed E-state index contributed by atoms with van der Waals surface area (Å²) in [6.07, 6.45) is 0. The Hall–Kier alpha value is -3.04. The molecule has 2 heterocycles. The molecule has 4 aromatic rings. The molecular formula is C23H12Cl2N2O4S2. The van der Waals surface area contributed by atoms with Gasteiger partial charge in [-0.05, 0) is 42.5 Å². The molecule has 0 spiro atoms. The van der Waals surface area contributed by atoms with Crippen LogP contribution in [0, 0.1) is 0 Å². The second kappa shape index (κ2) is 8.07. The second-order valence-corrected chi connectivity index (χ2v) is 10.7. The number of hydrogen-bond donors (Lipinski definition) is 1. The van der Waals surface area contributed by atoms with Gasteiger partial charge in [-0.2, -0.15) is 0 Å². The molecule has 1 aliphatic rings. The maximum Gasteiger partial charge on any atom is 0.257 e. The lowest BCUT2D eigenvalue weighted by Crippen LogP contribution is -2.21. The molecule has 1 amide bonds. The molecule has 0 radical (unpaired) electrons. The van der Waals surface area contributed by atoms with Crippen molar-refractivity contribution in [1.29, 1.82) is 0 Å². The van der Waals surface area contributed by atoms with E-state index < -0.39 is 21.5 Å². The molecular weight excluding hydrogens is 503 g/mol. The van der Waals surface area contributed by atoms with Crippen LogP contribution >= 0.6 is 34.5 Å². The van der Waals surface area contributed by atoms with Crippen LogP contribution in [0.15, 0.2) is 75.8 Å². The van der Waals surface area contributed by atoms with E-state index in [4.69, 9.17) is 23.2 Å². The van der Waals surface area contributed by atoms with Crippen LogP contribution < -0.4 is 5.32 Å². The minimum Gasteiger partial charge on any atom is -0.298 e. The van der Waals surface area contributed by atoms with E-state index in [-0.39, 0.29) is 26.5 Å². The number of fused-ring (bicyclic) bond motifs is 2. The van der Waals surface area contributed by atoms with Gasteiger partial charge in [-0.1, -0.05) is 41.4 Å². The van der Waals surface area contributed by atoms with Gasteiger partial charge >= 0.3 is 0 Å². The summed E-state index contributed by atoms with van der Waals surface area (Å²) in [4.78, 5) is 29.7. The largest absolute Gasteiger partial charge is 0.298 e. The van der Waals surface area contributed by atoms with Crippen molar-refractivity contribution in [1.82, 2.24) is 4.98 Å². The van der Waals surface area contributed by atoms with E-state index in [2.05, 4.69) is 10.3 Å². The third-order valence-corrected chi connectivity index (χ3v) is 8.49. The number of thiazole rings is 1. The Balaban J connectivity index is 1.44. The standard InChI is InChI=1S/C23H12Cl2N2O4S2/c24-16-8-6-12(9-17(16)25)18-11-32-23(26-18)27-22(29)13-5-7-15-20(10-13)33(30,31)19-4-2-1-3-14(19)21(15)28/h1-11H,(H,26,27,29). The number of nitrogens with zero attached hydrogens (tertiary/aromatic N) is 1. The van der Waals surface area contributed by atoms with Gasteiger partial charge in [-0.15, -0.1) is 11.3 Å². The number of halogens is 2. The molecule has 3 aromatic carbocycles. The molecule has 6 nitrogen and oxygen atoms in total. The molecule has 0 bridgehead atoms. The third-order valence-electron chi connectivity index (χ3n) is 5.14.